The Balaban J connectivity index is 2.05. The third kappa shape index (κ3) is 3.08. The molecule has 7 heteroatoms. The van der Waals surface area contributed by atoms with Crippen LogP contribution in [0, 0.1) is 0 Å². The van der Waals surface area contributed by atoms with Gasteiger partial charge < -0.3 is 15.0 Å². The van der Waals surface area contributed by atoms with E-state index >= 15 is 0 Å². The molecule has 0 aromatic carbocycles. The van der Waals surface area contributed by atoms with E-state index in [-0.39, 0.29) is 5.91 Å². The van der Waals surface area contributed by atoms with Gasteiger partial charge in [-0.05, 0) is 26.7 Å². The van der Waals surface area contributed by atoms with Crippen molar-refractivity contribution in [2.45, 2.75) is 39.3 Å². The molecule has 0 bridgehead atoms. The van der Waals surface area contributed by atoms with Crippen molar-refractivity contribution in [1.82, 2.24) is 19.7 Å². The summed E-state index contributed by atoms with van der Waals surface area (Å²) in [5.74, 6) is -0.0225. The monoisotopic (exact) mass is 331 g/mol. The molecular formula is C17H25N5O2. The lowest BCUT2D eigenvalue weighted by Crippen LogP contribution is -2.31. The Labute approximate surface area is 142 Å². The molecule has 0 atom stereocenters. The van der Waals surface area contributed by atoms with Crippen LogP contribution in [0.2, 0.25) is 0 Å². The van der Waals surface area contributed by atoms with Crippen LogP contribution < -0.4 is 5.32 Å². The maximum atomic E-state index is 12.8. The number of nitrogens with zero attached hydrogens (tertiary/aromatic N) is 4. The third-order valence-corrected chi connectivity index (χ3v) is 4.59. The molecule has 0 saturated carbocycles. The first-order valence-corrected chi connectivity index (χ1v) is 8.60. The summed E-state index contributed by atoms with van der Waals surface area (Å²) in [5.41, 5.74) is 2.26. The van der Waals surface area contributed by atoms with Crippen molar-refractivity contribution in [3.63, 3.8) is 0 Å². The summed E-state index contributed by atoms with van der Waals surface area (Å²) in [6.07, 6.45) is 5.34. The van der Waals surface area contributed by atoms with Crippen LogP contribution in [-0.4, -0.2) is 58.4 Å². The number of hydrogen-bond acceptors (Lipinski definition) is 5. The van der Waals surface area contributed by atoms with E-state index < -0.39 is 0 Å². The SMILES string of the molecule is CCN(C)C(=O)c1cnc2c(cnn2CC)c1NC1CCOCC1. The number of anilines is 1. The van der Waals surface area contributed by atoms with Gasteiger partial charge in [-0.2, -0.15) is 5.10 Å². The number of hydrogen-bond donors (Lipinski definition) is 1. The molecule has 1 aliphatic heterocycles. The maximum Gasteiger partial charge on any atom is 0.257 e. The summed E-state index contributed by atoms with van der Waals surface area (Å²) in [6, 6.07) is 0.299. The van der Waals surface area contributed by atoms with Gasteiger partial charge in [0.25, 0.3) is 5.91 Å². The minimum atomic E-state index is -0.0225. The molecule has 1 aliphatic rings. The Morgan fingerprint density at radius 3 is 2.79 bits per heavy atom. The molecule has 1 saturated heterocycles. The van der Waals surface area contributed by atoms with Crippen LogP contribution in [0.5, 0.6) is 0 Å². The molecule has 7 nitrogen and oxygen atoms in total. The van der Waals surface area contributed by atoms with Crippen molar-refractivity contribution in [1.29, 1.82) is 0 Å². The smallest absolute Gasteiger partial charge is 0.257 e. The molecule has 0 spiro atoms. The number of aryl methyl sites for hydroxylation is 1. The summed E-state index contributed by atoms with van der Waals surface area (Å²) in [4.78, 5) is 18.9. The fourth-order valence-electron chi connectivity index (χ4n) is 2.97. The molecule has 3 rings (SSSR count). The molecular weight excluding hydrogens is 306 g/mol. The average Bonchev–Trinajstić information content (AvgIpc) is 3.05. The van der Waals surface area contributed by atoms with Crippen LogP contribution in [-0.2, 0) is 11.3 Å². The number of carbonyl (C=O) groups excluding carboxylic acids is 1. The minimum Gasteiger partial charge on any atom is -0.381 e. The van der Waals surface area contributed by atoms with Crippen molar-refractivity contribution in [2.24, 2.45) is 0 Å². The standard InChI is InChI=1S/C17H25N5O2/c1-4-21(3)17(23)14-10-18-16-13(11-19-22(16)5-2)15(14)20-12-6-8-24-9-7-12/h10-12H,4-9H2,1-3H3,(H,18,20). The van der Waals surface area contributed by atoms with Gasteiger partial charge in [0.1, 0.15) is 0 Å². The lowest BCUT2D eigenvalue weighted by molar-refractivity contribution is 0.0802. The topological polar surface area (TPSA) is 72.3 Å². The van der Waals surface area contributed by atoms with Crippen molar-refractivity contribution < 1.29 is 9.53 Å². The molecule has 2 aromatic heterocycles. The summed E-state index contributed by atoms with van der Waals surface area (Å²) in [5, 5.41) is 8.87. The normalized spacial score (nSPS) is 15.6. The lowest BCUT2D eigenvalue weighted by atomic mass is 10.1. The molecule has 3 heterocycles. The number of nitrogens with one attached hydrogen (secondary N) is 1. The van der Waals surface area contributed by atoms with Gasteiger partial charge in [-0.15, -0.1) is 0 Å². The van der Waals surface area contributed by atoms with E-state index in [4.69, 9.17) is 4.74 Å². The highest BCUT2D eigenvalue weighted by molar-refractivity contribution is 6.06. The largest absolute Gasteiger partial charge is 0.381 e. The summed E-state index contributed by atoms with van der Waals surface area (Å²) >= 11 is 0. The lowest BCUT2D eigenvalue weighted by Gasteiger charge is -2.26. The number of amides is 1. The fraction of sp³-hybridized carbons (Fsp3) is 0.588. The molecule has 0 radical (unpaired) electrons. The zero-order valence-electron chi connectivity index (χ0n) is 14.6. The first-order chi connectivity index (χ1) is 11.7. The minimum absolute atomic E-state index is 0.0225. The number of rotatable bonds is 5. The second kappa shape index (κ2) is 7.17. The van der Waals surface area contributed by atoms with E-state index in [9.17, 15) is 4.79 Å². The molecule has 1 N–H and O–H groups in total. The van der Waals surface area contributed by atoms with Crippen LogP contribution in [0.4, 0.5) is 5.69 Å². The molecule has 0 unspecified atom stereocenters. The second-order valence-corrected chi connectivity index (χ2v) is 6.09. The van der Waals surface area contributed by atoms with E-state index in [1.807, 2.05) is 18.5 Å². The van der Waals surface area contributed by atoms with E-state index in [0.717, 1.165) is 49.3 Å². The van der Waals surface area contributed by atoms with Crippen molar-refractivity contribution >= 4 is 22.6 Å². The first-order valence-electron chi connectivity index (χ1n) is 8.60. The van der Waals surface area contributed by atoms with E-state index in [1.165, 1.54) is 0 Å². The number of ether oxygens (including phenoxy) is 1. The predicted octanol–water partition coefficient (Wildman–Crippen LogP) is 2.13. The van der Waals surface area contributed by atoms with Crippen LogP contribution in [0.3, 0.4) is 0 Å². The van der Waals surface area contributed by atoms with Gasteiger partial charge in [0.2, 0.25) is 0 Å². The van der Waals surface area contributed by atoms with E-state index in [0.29, 0.717) is 18.2 Å². The zero-order valence-corrected chi connectivity index (χ0v) is 14.6. The highest BCUT2D eigenvalue weighted by Crippen LogP contribution is 2.29. The van der Waals surface area contributed by atoms with Gasteiger partial charge in [0.05, 0.1) is 22.8 Å². The van der Waals surface area contributed by atoms with Gasteiger partial charge in [0, 0.05) is 45.6 Å². The van der Waals surface area contributed by atoms with Gasteiger partial charge in [-0.25, -0.2) is 9.67 Å². The van der Waals surface area contributed by atoms with Crippen molar-refractivity contribution in [3.8, 4) is 0 Å². The number of fused-ring (bicyclic) bond motifs is 1. The molecule has 0 aliphatic carbocycles. The summed E-state index contributed by atoms with van der Waals surface area (Å²) < 4.78 is 7.29. The first kappa shape index (κ1) is 16.7. The number of aromatic nitrogens is 3. The van der Waals surface area contributed by atoms with E-state index in [1.54, 1.807) is 24.3 Å². The quantitative estimate of drug-likeness (QED) is 0.909. The Bertz CT molecular complexity index is 721. The Morgan fingerprint density at radius 2 is 2.12 bits per heavy atom. The third-order valence-electron chi connectivity index (χ3n) is 4.59. The van der Waals surface area contributed by atoms with Crippen LogP contribution in [0.25, 0.3) is 11.0 Å². The highest BCUT2D eigenvalue weighted by Gasteiger charge is 2.23. The zero-order chi connectivity index (χ0) is 17.1. The highest BCUT2D eigenvalue weighted by atomic mass is 16.5. The molecule has 1 fully saturated rings. The van der Waals surface area contributed by atoms with Gasteiger partial charge in [0.15, 0.2) is 5.65 Å². The predicted molar refractivity (Wildman–Crippen MR) is 93.3 cm³/mol. The van der Waals surface area contributed by atoms with Crippen molar-refractivity contribution in [2.75, 3.05) is 32.1 Å². The van der Waals surface area contributed by atoms with Gasteiger partial charge >= 0.3 is 0 Å². The fourth-order valence-corrected chi connectivity index (χ4v) is 2.97. The van der Waals surface area contributed by atoms with E-state index in [2.05, 4.69) is 15.4 Å². The molecule has 24 heavy (non-hydrogen) atoms. The molecule has 1 amide bonds. The number of carbonyl (C=O) groups is 1. The van der Waals surface area contributed by atoms with Gasteiger partial charge in [-0.1, -0.05) is 0 Å². The number of pyridine rings is 1. The maximum absolute atomic E-state index is 12.8. The second-order valence-electron chi connectivity index (χ2n) is 6.09. The average molecular weight is 331 g/mol. The van der Waals surface area contributed by atoms with Crippen LogP contribution >= 0.6 is 0 Å². The Morgan fingerprint density at radius 1 is 1.38 bits per heavy atom. The Kier molecular flexibility index (Phi) is 4.99. The van der Waals surface area contributed by atoms with Crippen molar-refractivity contribution in [3.05, 3.63) is 18.0 Å². The summed E-state index contributed by atoms with van der Waals surface area (Å²) in [7, 11) is 1.81. The van der Waals surface area contributed by atoms with Crippen LogP contribution in [0.1, 0.15) is 37.0 Å². The van der Waals surface area contributed by atoms with Crippen LogP contribution in [0.15, 0.2) is 12.4 Å². The Hall–Kier alpha value is -2.15. The molecule has 2 aromatic rings. The molecule has 130 valence electrons. The summed E-state index contributed by atoms with van der Waals surface area (Å²) in [6.45, 7) is 6.89. The van der Waals surface area contributed by atoms with Gasteiger partial charge in [-0.3, -0.25) is 4.79 Å².